The van der Waals surface area contributed by atoms with Gasteiger partial charge in [0.05, 0.1) is 0 Å². The minimum Gasteiger partial charge on any atom is -0.457 e. The number of halogens is 1. The van der Waals surface area contributed by atoms with Crippen LogP contribution in [0.4, 0.5) is 4.39 Å². The minimum atomic E-state index is -3.88. The average molecular weight is 379 g/mol. The van der Waals surface area contributed by atoms with Gasteiger partial charge in [-0.15, -0.1) is 5.06 Å². The molecule has 0 radical (unpaired) electrons. The molecule has 4 rings (SSSR count). The van der Waals surface area contributed by atoms with E-state index in [2.05, 4.69) is 0 Å². The maximum absolute atomic E-state index is 13.2. The largest absolute Gasteiger partial charge is 0.457 e. The molecule has 2 aliphatic heterocycles. The molecule has 0 saturated carbocycles. The van der Waals surface area contributed by atoms with Gasteiger partial charge in [-0.1, -0.05) is 18.2 Å². The van der Waals surface area contributed by atoms with E-state index in [0.717, 1.165) is 18.4 Å². The van der Waals surface area contributed by atoms with E-state index in [1.807, 2.05) is 24.3 Å². The number of hydroxylamine groups is 2. The molecule has 6 nitrogen and oxygen atoms in total. The third-order valence-corrected chi connectivity index (χ3v) is 5.34. The molecular formula is C18H18FNO5S. The van der Waals surface area contributed by atoms with Crippen LogP contribution in [-0.2, 0) is 25.3 Å². The summed E-state index contributed by atoms with van der Waals surface area (Å²) in [4.78, 5) is 0. The summed E-state index contributed by atoms with van der Waals surface area (Å²) in [5.74, 6) is 1.05. The third-order valence-electron chi connectivity index (χ3n) is 4.51. The predicted octanol–water partition coefficient (Wildman–Crippen LogP) is 3.41. The lowest BCUT2D eigenvalue weighted by Crippen LogP contribution is -2.38. The maximum Gasteiger partial charge on any atom is 0.418 e. The molecule has 0 aliphatic carbocycles. The summed E-state index contributed by atoms with van der Waals surface area (Å²) in [5.41, 5.74) is 1.12. The van der Waals surface area contributed by atoms with E-state index in [1.54, 1.807) is 12.1 Å². The Hall–Kier alpha value is -2.00. The Morgan fingerprint density at radius 1 is 1.15 bits per heavy atom. The number of rotatable bonds is 4. The average Bonchev–Trinajstić information content (AvgIpc) is 2.90. The first kappa shape index (κ1) is 17.4. The molecule has 26 heavy (non-hydrogen) atoms. The van der Waals surface area contributed by atoms with Crippen molar-refractivity contribution >= 4 is 10.4 Å². The third kappa shape index (κ3) is 4.04. The van der Waals surface area contributed by atoms with Crippen LogP contribution < -0.4 is 4.74 Å². The van der Waals surface area contributed by atoms with Crippen molar-refractivity contribution in [1.29, 1.82) is 0 Å². The van der Waals surface area contributed by atoms with Crippen molar-refractivity contribution < 1.29 is 26.0 Å². The molecule has 2 fully saturated rings. The topological polar surface area (TPSA) is 65.1 Å². The van der Waals surface area contributed by atoms with Gasteiger partial charge in [0.25, 0.3) is 0 Å². The van der Waals surface area contributed by atoms with Gasteiger partial charge in [-0.2, -0.15) is 12.7 Å². The Labute approximate surface area is 151 Å². The van der Waals surface area contributed by atoms with Crippen LogP contribution in [0.1, 0.15) is 18.4 Å². The molecule has 2 heterocycles. The van der Waals surface area contributed by atoms with Crippen LogP contribution in [0, 0.1) is 11.7 Å². The number of hydrogen-bond donors (Lipinski definition) is 0. The van der Waals surface area contributed by atoms with E-state index in [9.17, 15) is 12.8 Å². The summed E-state index contributed by atoms with van der Waals surface area (Å²) in [7, 11) is -3.88. The summed E-state index contributed by atoms with van der Waals surface area (Å²) in [6, 6.07) is 13.6. The summed E-state index contributed by atoms with van der Waals surface area (Å²) < 4.78 is 51.2. The van der Waals surface area contributed by atoms with Crippen molar-refractivity contribution in [1.82, 2.24) is 5.06 Å². The second-order valence-electron chi connectivity index (χ2n) is 6.47. The molecule has 2 atom stereocenters. The monoisotopic (exact) mass is 379 g/mol. The van der Waals surface area contributed by atoms with E-state index in [0.29, 0.717) is 30.4 Å². The second kappa shape index (κ2) is 6.96. The van der Waals surface area contributed by atoms with Gasteiger partial charge >= 0.3 is 10.4 Å². The summed E-state index contributed by atoms with van der Waals surface area (Å²) in [5, 5.41) is 1.39. The number of piperidine rings is 1. The van der Waals surface area contributed by atoms with Crippen LogP contribution in [0.5, 0.6) is 11.5 Å². The van der Waals surface area contributed by atoms with Crippen molar-refractivity contribution in [3.8, 4) is 11.5 Å². The first-order valence-electron chi connectivity index (χ1n) is 8.39. The van der Waals surface area contributed by atoms with Crippen LogP contribution in [0.15, 0.2) is 48.5 Å². The molecule has 0 spiro atoms. The van der Waals surface area contributed by atoms with E-state index in [-0.39, 0.29) is 5.82 Å². The molecule has 0 aromatic heterocycles. The molecule has 2 saturated heterocycles. The van der Waals surface area contributed by atoms with Crippen LogP contribution in [0.25, 0.3) is 0 Å². The van der Waals surface area contributed by atoms with Gasteiger partial charge in [-0.05, 0) is 55.0 Å². The highest BCUT2D eigenvalue weighted by Gasteiger charge is 2.42. The Bertz CT molecular complexity index is 887. The number of hydrogen-bond acceptors (Lipinski definition) is 6. The second-order valence-corrected chi connectivity index (χ2v) is 7.63. The van der Waals surface area contributed by atoms with Gasteiger partial charge < -0.3 is 4.74 Å². The summed E-state index contributed by atoms with van der Waals surface area (Å²) in [6.45, 7) is 0.523. The first-order chi connectivity index (χ1) is 12.5. The number of nitrogens with zero attached hydrogens (tertiary/aromatic N) is 1. The molecule has 2 aromatic rings. The zero-order valence-corrected chi connectivity index (χ0v) is 14.7. The van der Waals surface area contributed by atoms with Gasteiger partial charge in [0, 0.05) is 12.6 Å². The first-order valence-corrected chi connectivity index (χ1v) is 9.72. The van der Waals surface area contributed by atoms with E-state index in [1.165, 1.54) is 17.2 Å². The lowest BCUT2D eigenvalue weighted by atomic mass is 9.90. The minimum absolute atomic E-state index is 0.308. The van der Waals surface area contributed by atoms with Gasteiger partial charge in [0.15, 0.2) is 6.23 Å². The van der Waals surface area contributed by atoms with Crippen LogP contribution in [-0.4, -0.2) is 26.3 Å². The van der Waals surface area contributed by atoms with Crippen molar-refractivity contribution in [3.63, 3.8) is 0 Å². The van der Waals surface area contributed by atoms with Crippen molar-refractivity contribution in [2.75, 3.05) is 6.54 Å². The SMILES string of the molecule is O=S1(=O)OC2CC(Cc3ccc(Oc4cccc(F)c4)cc3)CCN2O1. The highest BCUT2D eigenvalue weighted by molar-refractivity contribution is 7.82. The van der Waals surface area contributed by atoms with Gasteiger partial charge in [-0.3, -0.25) is 0 Å². The molecule has 0 amide bonds. The Kier molecular flexibility index (Phi) is 4.66. The smallest absolute Gasteiger partial charge is 0.418 e. The quantitative estimate of drug-likeness (QED) is 0.811. The Morgan fingerprint density at radius 2 is 1.96 bits per heavy atom. The molecule has 2 aliphatic rings. The van der Waals surface area contributed by atoms with Crippen molar-refractivity contribution in [2.24, 2.45) is 5.92 Å². The van der Waals surface area contributed by atoms with Gasteiger partial charge in [0.2, 0.25) is 0 Å². The normalized spacial score (nSPS) is 25.0. The molecule has 0 N–H and O–H groups in total. The number of fused-ring (bicyclic) bond motifs is 1. The van der Waals surface area contributed by atoms with Crippen molar-refractivity contribution in [2.45, 2.75) is 25.5 Å². The van der Waals surface area contributed by atoms with Crippen LogP contribution >= 0.6 is 0 Å². The van der Waals surface area contributed by atoms with E-state index >= 15 is 0 Å². The number of ether oxygens (including phenoxy) is 1. The predicted molar refractivity (Wildman–Crippen MR) is 90.9 cm³/mol. The highest BCUT2D eigenvalue weighted by Crippen LogP contribution is 2.33. The fourth-order valence-corrected chi connectivity index (χ4v) is 4.18. The maximum atomic E-state index is 13.2. The van der Waals surface area contributed by atoms with Crippen LogP contribution in [0.3, 0.4) is 0 Å². The summed E-state index contributed by atoms with van der Waals surface area (Å²) >= 11 is 0. The Morgan fingerprint density at radius 3 is 2.73 bits per heavy atom. The molecule has 0 bridgehead atoms. The molecule has 8 heteroatoms. The molecular weight excluding hydrogens is 361 g/mol. The zero-order chi connectivity index (χ0) is 18.1. The molecule has 138 valence electrons. The van der Waals surface area contributed by atoms with Gasteiger partial charge in [-0.25, -0.2) is 8.57 Å². The lowest BCUT2D eigenvalue weighted by Gasteiger charge is -2.29. The molecule has 2 unspecified atom stereocenters. The standard InChI is InChI=1S/C18H18FNO5S/c19-15-2-1-3-17(12-15)23-16-6-4-13(5-7-16)10-14-8-9-20-18(11-14)24-26(21,22)25-20/h1-7,12,14,18H,8-11H2. The molecule has 2 aromatic carbocycles. The van der Waals surface area contributed by atoms with Gasteiger partial charge in [0.1, 0.15) is 17.3 Å². The fourth-order valence-electron chi connectivity index (χ4n) is 3.30. The number of benzene rings is 2. The van der Waals surface area contributed by atoms with E-state index < -0.39 is 16.6 Å². The van der Waals surface area contributed by atoms with Crippen LogP contribution in [0.2, 0.25) is 0 Å². The van der Waals surface area contributed by atoms with E-state index in [4.69, 9.17) is 13.2 Å². The fraction of sp³-hybridized carbons (Fsp3) is 0.333. The Balaban J connectivity index is 1.36. The van der Waals surface area contributed by atoms with Crippen molar-refractivity contribution in [3.05, 3.63) is 59.9 Å². The zero-order valence-electron chi connectivity index (χ0n) is 13.9. The lowest BCUT2D eigenvalue weighted by molar-refractivity contribution is -0.126. The summed E-state index contributed by atoms with van der Waals surface area (Å²) in [6.07, 6.45) is 1.71. The highest BCUT2D eigenvalue weighted by atomic mass is 32.3.